The van der Waals surface area contributed by atoms with Crippen LogP contribution in [0.25, 0.3) is 10.8 Å². The lowest BCUT2D eigenvalue weighted by atomic mass is 9.89. The quantitative estimate of drug-likeness (QED) is 0.920. The molecule has 0 radical (unpaired) electrons. The van der Waals surface area contributed by atoms with Crippen LogP contribution in [0.5, 0.6) is 0 Å². The predicted octanol–water partition coefficient (Wildman–Crippen LogP) is 3.79. The van der Waals surface area contributed by atoms with E-state index in [0.717, 1.165) is 30.0 Å². The van der Waals surface area contributed by atoms with Gasteiger partial charge in [0.1, 0.15) is 0 Å². The number of nitrogens with one attached hydrogen (secondary N) is 1. The van der Waals surface area contributed by atoms with Gasteiger partial charge in [0.2, 0.25) is 0 Å². The zero-order chi connectivity index (χ0) is 13.2. The fourth-order valence-corrected chi connectivity index (χ4v) is 3.25. The Hall–Kier alpha value is -1.09. The third-order valence-electron chi connectivity index (χ3n) is 3.99. The molecule has 3 heteroatoms. The molecule has 0 amide bonds. The molecule has 1 aliphatic rings. The van der Waals surface area contributed by atoms with E-state index in [1.807, 2.05) is 19.2 Å². The van der Waals surface area contributed by atoms with Crippen LogP contribution in [0.2, 0.25) is 5.02 Å². The van der Waals surface area contributed by atoms with Crippen molar-refractivity contribution in [1.29, 1.82) is 0 Å². The van der Waals surface area contributed by atoms with E-state index < -0.39 is 0 Å². The third kappa shape index (κ3) is 2.36. The zero-order valence-electron chi connectivity index (χ0n) is 11.0. The minimum atomic E-state index is 0.324. The Morgan fingerprint density at radius 3 is 2.68 bits per heavy atom. The number of ether oxygens (including phenoxy) is 1. The Kier molecular flexibility index (Phi) is 3.74. The number of hydrogen-bond donors (Lipinski definition) is 1. The summed E-state index contributed by atoms with van der Waals surface area (Å²) in [7, 11) is 2.02. The normalized spacial score (nSPS) is 20.8. The standard InChI is InChI=1S/C16H18ClNO/c1-18-16(11-8-9-19-10-11)14-6-7-15(17)13-5-3-2-4-12(13)14/h2-7,11,16,18H,8-10H2,1H3. The predicted molar refractivity (Wildman–Crippen MR) is 79.7 cm³/mol. The van der Waals surface area contributed by atoms with Crippen molar-refractivity contribution in [3.05, 3.63) is 47.0 Å². The lowest BCUT2D eigenvalue weighted by Crippen LogP contribution is -2.25. The van der Waals surface area contributed by atoms with Gasteiger partial charge >= 0.3 is 0 Å². The zero-order valence-corrected chi connectivity index (χ0v) is 11.8. The maximum Gasteiger partial charge on any atom is 0.0513 e. The Morgan fingerprint density at radius 1 is 1.21 bits per heavy atom. The van der Waals surface area contributed by atoms with Gasteiger partial charge in [0, 0.05) is 29.0 Å². The molecule has 1 aliphatic heterocycles. The van der Waals surface area contributed by atoms with E-state index in [-0.39, 0.29) is 0 Å². The lowest BCUT2D eigenvalue weighted by molar-refractivity contribution is 0.178. The van der Waals surface area contributed by atoms with Crippen LogP contribution in [0.15, 0.2) is 36.4 Å². The second kappa shape index (κ2) is 5.49. The summed E-state index contributed by atoms with van der Waals surface area (Å²) in [6.45, 7) is 1.71. The summed E-state index contributed by atoms with van der Waals surface area (Å²) in [5.74, 6) is 0.537. The van der Waals surface area contributed by atoms with Crippen LogP contribution in [0.3, 0.4) is 0 Å². The van der Waals surface area contributed by atoms with Crippen molar-refractivity contribution in [2.75, 3.05) is 20.3 Å². The van der Waals surface area contributed by atoms with Gasteiger partial charge in [-0.2, -0.15) is 0 Å². The summed E-state index contributed by atoms with van der Waals surface area (Å²) >= 11 is 6.29. The highest BCUT2D eigenvalue weighted by Gasteiger charge is 2.27. The van der Waals surface area contributed by atoms with E-state index in [9.17, 15) is 0 Å². The average molecular weight is 276 g/mol. The summed E-state index contributed by atoms with van der Waals surface area (Å²) in [5, 5.41) is 6.63. The number of fused-ring (bicyclic) bond motifs is 1. The van der Waals surface area contributed by atoms with Crippen molar-refractivity contribution in [1.82, 2.24) is 5.32 Å². The Balaban J connectivity index is 2.10. The van der Waals surface area contributed by atoms with Crippen molar-refractivity contribution in [3.63, 3.8) is 0 Å². The lowest BCUT2D eigenvalue weighted by Gasteiger charge is -2.24. The van der Waals surface area contributed by atoms with Gasteiger partial charge < -0.3 is 10.1 Å². The number of benzene rings is 2. The highest BCUT2D eigenvalue weighted by molar-refractivity contribution is 6.35. The Morgan fingerprint density at radius 2 is 2.00 bits per heavy atom. The van der Waals surface area contributed by atoms with Gasteiger partial charge in [-0.1, -0.05) is 41.9 Å². The molecule has 1 saturated heterocycles. The first-order chi connectivity index (χ1) is 9.31. The minimum Gasteiger partial charge on any atom is -0.381 e. The highest BCUT2D eigenvalue weighted by atomic mass is 35.5. The molecule has 0 bridgehead atoms. The largest absolute Gasteiger partial charge is 0.381 e. The average Bonchev–Trinajstić information content (AvgIpc) is 2.96. The molecule has 0 saturated carbocycles. The van der Waals surface area contributed by atoms with Crippen molar-refractivity contribution >= 4 is 22.4 Å². The topological polar surface area (TPSA) is 21.3 Å². The third-order valence-corrected chi connectivity index (χ3v) is 4.32. The molecule has 2 unspecified atom stereocenters. The number of halogens is 1. The second-order valence-electron chi connectivity index (χ2n) is 5.07. The Labute approximate surface area is 118 Å². The van der Waals surface area contributed by atoms with E-state index in [1.54, 1.807) is 0 Å². The second-order valence-corrected chi connectivity index (χ2v) is 5.48. The van der Waals surface area contributed by atoms with E-state index in [1.165, 1.54) is 10.9 Å². The van der Waals surface area contributed by atoms with Crippen LogP contribution < -0.4 is 5.32 Å². The van der Waals surface area contributed by atoms with Gasteiger partial charge in [0.25, 0.3) is 0 Å². The van der Waals surface area contributed by atoms with Crippen LogP contribution in [0.1, 0.15) is 18.0 Å². The van der Waals surface area contributed by atoms with Crippen molar-refractivity contribution in [2.45, 2.75) is 12.5 Å². The molecule has 0 spiro atoms. The van der Waals surface area contributed by atoms with E-state index >= 15 is 0 Å². The molecule has 1 heterocycles. The molecule has 100 valence electrons. The van der Waals surface area contributed by atoms with Crippen LogP contribution in [0.4, 0.5) is 0 Å². The minimum absolute atomic E-state index is 0.324. The van der Waals surface area contributed by atoms with Crippen LogP contribution in [0, 0.1) is 5.92 Å². The first kappa shape index (κ1) is 12.9. The van der Waals surface area contributed by atoms with Gasteiger partial charge in [0.05, 0.1) is 6.61 Å². The van der Waals surface area contributed by atoms with Gasteiger partial charge in [-0.15, -0.1) is 0 Å². The monoisotopic (exact) mass is 275 g/mol. The van der Waals surface area contributed by atoms with Crippen LogP contribution in [-0.4, -0.2) is 20.3 Å². The molecule has 2 aromatic rings. The summed E-state index contributed by atoms with van der Waals surface area (Å²) in [4.78, 5) is 0. The van der Waals surface area contributed by atoms with E-state index in [4.69, 9.17) is 16.3 Å². The molecular formula is C16H18ClNO. The van der Waals surface area contributed by atoms with E-state index in [2.05, 4.69) is 29.6 Å². The smallest absolute Gasteiger partial charge is 0.0513 e. The van der Waals surface area contributed by atoms with Gasteiger partial charge in [-0.3, -0.25) is 0 Å². The molecule has 19 heavy (non-hydrogen) atoms. The van der Waals surface area contributed by atoms with Crippen LogP contribution in [-0.2, 0) is 4.74 Å². The molecule has 0 aromatic heterocycles. The summed E-state index contributed by atoms with van der Waals surface area (Å²) in [6, 6.07) is 12.8. The molecular weight excluding hydrogens is 258 g/mol. The molecule has 2 atom stereocenters. The maximum absolute atomic E-state index is 6.29. The number of rotatable bonds is 3. The molecule has 0 aliphatic carbocycles. The van der Waals surface area contributed by atoms with Crippen LogP contribution >= 0.6 is 11.6 Å². The first-order valence-electron chi connectivity index (χ1n) is 6.73. The summed E-state index contributed by atoms with van der Waals surface area (Å²) < 4.78 is 5.53. The van der Waals surface area contributed by atoms with E-state index in [0.29, 0.717) is 12.0 Å². The summed E-state index contributed by atoms with van der Waals surface area (Å²) in [6.07, 6.45) is 1.11. The fourth-order valence-electron chi connectivity index (χ4n) is 3.02. The molecule has 1 N–H and O–H groups in total. The Bertz CT molecular complexity index is 578. The first-order valence-corrected chi connectivity index (χ1v) is 7.11. The molecule has 2 nitrogen and oxygen atoms in total. The van der Waals surface area contributed by atoms with Crippen molar-refractivity contribution in [2.24, 2.45) is 5.92 Å². The maximum atomic E-state index is 6.29. The van der Waals surface area contributed by atoms with Gasteiger partial charge in [0.15, 0.2) is 0 Å². The number of hydrogen-bond acceptors (Lipinski definition) is 2. The fraction of sp³-hybridized carbons (Fsp3) is 0.375. The molecule has 2 aromatic carbocycles. The molecule has 1 fully saturated rings. The summed E-state index contributed by atoms with van der Waals surface area (Å²) in [5.41, 5.74) is 1.32. The highest BCUT2D eigenvalue weighted by Crippen LogP contribution is 2.35. The van der Waals surface area contributed by atoms with Crippen molar-refractivity contribution < 1.29 is 4.74 Å². The SMILES string of the molecule is CNC(c1ccc(Cl)c2ccccc12)C1CCOC1. The van der Waals surface area contributed by atoms with Crippen molar-refractivity contribution in [3.8, 4) is 0 Å². The van der Waals surface area contributed by atoms with Gasteiger partial charge in [-0.05, 0) is 30.5 Å². The van der Waals surface area contributed by atoms with Gasteiger partial charge in [-0.25, -0.2) is 0 Å². The molecule has 3 rings (SSSR count).